The minimum atomic E-state index is 0.374. The molecule has 2 N–H and O–H groups in total. The summed E-state index contributed by atoms with van der Waals surface area (Å²) >= 11 is 3.33. The van der Waals surface area contributed by atoms with Crippen molar-refractivity contribution in [3.8, 4) is 0 Å². The molecule has 18 heavy (non-hydrogen) atoms. The summed E-state index contributed by atoms with van der Waals surface area (Å²) in [6, 6.07) is 0.374. The average Bonchev–Trinajstić information content (AvgIpc) is 2.71. The number of H-pyrrole nitrogens is 1. The minimum Gasteiger partial charge on any atom is -0.351 e. The van der Waals surface area contributed by atoms with Crippen LogP contribution in [-0.4, -0.2) is 26.0 Å². The molecule has 6 heteroatoms. The molecular formula is C12H14BrN5. The Kier molecular flexibility index (Phi) is 3.03. The van der Waals surface area contributed by atoms with Gasteiger partial charge in [-0.05, 0) is 35.7 Å². The second kappa shape index (κ2) is 4.68. The van der Waals surface area contributed by atoms with Gasteiger partial charge in [-0.1, -0.05) is 0 Å². The van der Waals surface area contributed by atoms with Crippen molar-refractivity contribution in [3.63, 3.8) is 0 Å². The molecule has 1 aliphatic carbocycles. The van der Waals surface area contributed by atoms with Gasteiger partial charge in [0.05, 0.1) is 10.2 Å². The molecule has 0 saturated heterocycles. The smallest absolute Gasteiger partial charge is 0.222 e. The van der Waals surface area contributed by atoms with Gasteiger partial charge in [0.15, 0.2) is 0 Å². The van der Waals surface area contributed by atoms with Crippen molar-refractivity contribution in [2.45, 2.75) is 32.2 Å². The fourth-order valence-electron chi connectivity index (χ4n) is 2.32. The van der Waals surface area contributed by atoms with Gasteiger partial charge >= 0.3 is 0 Å². The predicted molar refractivity (Wildman–Crippen MR) is 72.5 cm³/mol. The third-order valence-corrected chi connectivity index (χ3v) is 3.53. The zero-order chi connectivity index (χ0) is 12.5. The molecule has 1 aliphatic rings. The second-order valence-corrected chi connectivity index (χ2v) is 5.47. The molecule has 2 aromatic heterocycles. The van der Waals surface area contributed by atoms with Crippen LogP contribution in [0.15, 0.2) is 16.9 Å². The van der Waals surface area contributed by atoms with E-state index >= 15 is 0 Å². The van der Waals surface area contributed by atoms with Gasteiger partial charge < -0.3 is 10.3 Å². The number of nitrogens with one attached hydrogen (secondary N) is 2. The van der Waals surface area contributed by atoms with Crippen LogP contribution in [0.4, 0.5) is 5.95 Å². The van der Waals surface area contributed by atoms with Crippen LogP contribution >= 0.6 is 15.9 Å². The number of anilines is 1. The minimum absolute atomic E-state index is 0.374. The molecule has 3 rings (SSSR count). The summed E-state index contributed by atoms with van der Waals surface area (Å²) in [5.41, 5.74) is 2.45. The van der Waals surface area contributed by atoms with E-state index in [9.17, 15) is 0 Å². The molecule has 0 radical (unpaired) electrons. The van der Waals surface area contributed by atoms with Crippen LogP contribution in [0.3, 0.4) is 0 Å². The lowest BCUT2D eigenvalue weighted by Gasteiger charge is -2.22. The topological polar surface area (TPSA) is 66.5 Å². The van der Waals surface area contributed by atoms with Gasteiger partial charge in [-0.25, -0.2) is 15.0 Å². The molecule has 2 heterocycles. The molecule has 0 fully saturated rings. The first kappa shape index (κ1) is 11.6. The SMILES string of the molecule is Cc1nc2c([nH]1)CC(Nc1ncc(Br)cn1)CC2. The normalized spacial score (nSPS) is 18.4. The number of hydrogen-bond acceptors (Lipinski definition) is 4. The molecular weight excluding hydrogens is 294 g/mol. The van der Waals surface area contributed by atoms with Crippen LogP contribution in [0.25, 0.3) is 0 Å². The molecule has 0 aliphatic heterocycles. The maximum Gasteiger partial charge on any atom is 0.222 e. The highest BCUT2D eigenvalue weighted by Crippen LogP contribution is 2.21. The van der Waals surface area contributed by atoms with Crippen LogP contribution in [-0.2, 0) is 12.8 Å². The first-order chi connectivity index (χ1) is 8.70. The van der Waals surface area contributed by atoms with E-state index in [-0.39, 0.29) is 0 Å². The Labute approximate surface area is 114 Å². The number of hydrogen-bond donors (Lipinski definition) is 2. The second-order valence-electron chi connectivity index (χ2n) is 4.56. The lowest BCUT2D eigenvalue weighted by molar-refractivity contribution is 0.593. The lowest BCUT2D eigenvalue weighted by atomic mass is 9.96. The molecule has 0 spiro atoms. The van der Waals surface area contributed by atoms with Crippen molar-refractivity contribution in [3.05, 3.63) is 34.1 Å². The molecule has 0 bridgehead atoms. The fraction of sp³-hybridized carbons (Fsp3) is 0.417. The zero-order valence-corrected chi connectivity index (χ0v) is 11.7. The van der Waals surface area contributed by atoms with Gasteiger partial charge in [-0.3, -0.25) is 0 Å². The third-order valence-electron chi connectivity index (χ3n) is 3.12. The molecule has 1 atom stereocenters. The van der Waals surface area contributed by atoms with Gasteiger partial charge in [0, 0.05) is 30.6 Å². The Morgan fingerprint density at radius 1 is 1.39 bits per heavy atom. The fourth-order valence-corrected chi connectivity index (χ4v) is 2.52. The number of aryl methyl sites for hydroxylation is 2. The summed E-state index contributed by atoms with van der Waals surface area (Å²) in [5.74, 6) is 1.68. The Hall–Kier alpha value is -1.43. The van der Waals surface area contributed by atoms with Crippen molar-refractivity contribution in [2.24, 2.45) is 0 Å². The van der Waals surface area contributed by atoms with E-state index in [4.69, 9.17) is 0 Å². The lowest BCUT2D eigenvalue weighted by Crippen LogP contribution is -2.28. The van der Waals surface area contributed by atoms with Gasteiger partial charge in [0.25, 0.3) is 0 Å². The van der Waals surface area contributed by atoms with Crippen molar-refractivity contribution >= 4 is 21.9 Å². The number of fused-ring (bicyclic) bond motifs is 1. The summed E-state index contributed by atoms with van der Waals surface area (Å²) in [7, 11) is 0. The quantitative estimate of drug-likeness (QED) is 0.893. The highest BCUT2D eigenvalue weighted by Gasteiger charge is 2.21. The molecule has 5 nitrogen and oxygen atoms in total. The maximum atomic E-state index is 4.48. The number of aromatic amines is 1. The van der Waals surface area contributed by atoms with Crippen LogP contribution < -0.4 is 5.32 Å². The Bertz CT molecular complexity index is 548. The molecule has 94 valence electrons. The highest BCUT2D eigenvalue weighted by atomic mass is 79.9. The van der Waals surface area contributed by atoms with E-state index < -0.39 is 0 Å². The van der Waals surface area contributed by atoms with Crippen LogP contribution in [0, 0.1) is 6.92 Å². The predicted octanol–water partition coefficient (Wildman–Crippen LogP) is 2.24. The molecule has 0 amide bonds. The van der Waals surface area contributed by atoms with Gasteiger partial charge in [-0.15, -0.1) is 0 Å². The maximum absolute atomic E-state index is 4.48. The average molecular weight is 308 g/mol. The van der Waals surface area contributed by atoms with Gasteiger partial charge in [0.2, 0.25) is 5.95 Å². The van der Waals surface area contributed by atoms with E-state index in [0.29, 0.717) is 12.0 Å². The van der Waals surface area contributed by atoms with Crippen molar-refractivity contribution in [1.82, 2.24) is 19.9 Å². The van der Waals surface area contributed by atoms with E-state index in [1.54, 1.807) is 12.4 Å². The Morgan fingerprint density at radius 3 is 2.94 bits per heavy atom. The number of imidazole rings is 1. The summed E-state index contributed by atoms with van der Waals surface area (Å²) < 4.78 is 0.892. The van der Waals surface area contributed by atoms with Crippen molar-refractivity contribution in [1.29, 1.82) is 0 Å². The number of halogens is 1. The standard InChI is InChI=1S/C12H14BrN5/c1-7-16-10-3-2-9(4-11(10)17-7)18-12-14-5-8(13)6-15-12/h5-6,9H,2-4H2,1H3,(H,16,17)(H,14,15,18). The number of aromatic nitrogens is 4. The summed E-state index contributed by atoms with van der Waals surface area (Å²) in [6.07, 6.45) is 6.54. The first-order valence-corrected chi connectivity index (χ1v) is 6.78. The number of rotatable bonds is 2. The Balaban J connectivity index is 1.70. The van der Waals surface area contributed by atoms with E-state index in [0.717, 1.165) is 29.6 Å². The largest absolute Gasteiger partial charge is 0.351 e. The summed E-state index contributed by atoms with van der Waals surface area (Å²) in [5, 5.41) is 3.37. The number of nitrogens with zero attached hydrogens (tertiary/aromatic N) is 3. The van der Waals surface area contributed by atoms with Crippen LogP contribution in [0.1, 0.15) is 23.6 Å². The van der Waals surface area contributed by atoms with Crippen molar-refractivity contribution < 1.29 is 0 Å². The van der Waals surface area contributed by atoms with Crippen LogP contribution in [0.2, 0.25) is 0 Å². The highest BCUT2D eigenvalue weighted by molar-refractivity contribution is 9.10. The van der Waals surface area contributed by atoms with E-state index in [1.165, 1.54) is 11.4 Å². The summed E-state index contributed by atoms with van der Waals surface area (Å²) in [4.78, 5) is 16.3. The molecule has 2 aromatic rings. The van der Waals surface area contributed by atoms with Gasteiger partial charge in [-0.2, -0.15) is 0 Å². The molecule has 0 saturated carbocycles. The summed E-state index contributed by atoms with van der Waals surface area (Å²) in [6.45, 7) is 2.00. The zero-order valence-electron chi connectivity index (χ0n) is 10.1. The Morgan fingerprint density at radius 2 is 2.17 bits per heavy atom. The monoisotopic (exact) mass is 307 g/mol. The van der Waals surface area contributed by atoms with E-state index in [2.05, 4.69) is 41.2 Å². The van der Waals surface area contributed by atoms with Gasteiger partial charge in [0.1, 0.15) is 5.82 Å². The van der Waals surface area contributed by atoms with Crippen molar-refractivity contribution in [2.75, 3.05) is 5.32 Å². The molecule has 0 aromatic carbocycles. The third kappa shape index (κ3) is 2.38. The van der Waals surface area contributed by atoms with Crippen LogP contribution in [0.5, 0.6) is 0 Å². The molecule has 1 unspecified atom stereocenters. The first-order valence-electron chi connectivity index (χ1n) is 5.99. The van der Waals surface area contributed by atoms with E-state index in [1.807, 2.05) is 6.92 Å².